The number of aryl methyl sites for hydroxylation is 2. The molecule has 0 saturated carbocycles. The summed E-state index contributed by atoms with van der Waals surface area (Å²) in [5.74, 6) is 0. The molecule has 2 heterocycles. The zero-order valence-corrected chi connectivity index (χ0v) is 11.9. The second-order valence-corrected chi connectivity index (χ2v) is 5.05. The Morgan fingerprint density at radius 2 is 2.10 bits per heavy atom. The van der Waals surface area contributed by atoms with E-state index in [0.717, 1.165) is 11.1 Å². The zero-order chi connectivity index (χ0) is 15.0. The highest BCUT2D eigenvalue weighted by Crippen LogP contribution is 2.16. The molecule has 0 amide bonds. The Bertz CT molecular complexity index is 850. The van der Waals surface area contributed by atoms with Crippen LogP contribution in [0.2, 0.25) is 0 Å². The monoisotopic (exact) mass is 284 g/mol. The molecule has 2 aromatic heterocycles. The molecule has 0 spiro atoms. The summed E-state index contributed by atoms with van der Waals surface area (Å²) >= 11 is 0. The van der Waals surface area contributed by atoms with Gasteiger partial charge in [0.1, 0.15) is 5.39 Å². The minimum atomic E-state index is -0.313. The third-order valence-corrected chi connectivity index (χ3v) is 3.58. The van der Waals surface area contributed by atoms with E-state index in [0.29, 0.717) is 11.0 Å². The number of fused-ring (bicyclic) bond motifs is 1. The van der Waals surface area contributed by atoms with Crippen LogP contribution in [0.15, 0.2) is 35.3 Å². The van der Waals surface area contributed by atoms with Gasteiger partial charge in [-0.25, -0.2) is 9.36 Å². The van der Waals surface area contributed by atoms with E-state index in [-0.39, 0.29) is 18.1 Å². The topological polar surface area (TPSA) is 91.6 Å². The highest BCUT2D eigenvalue weighted by molar-refractivity contribution is 5.72. The molecule has 21 heavy (non-hydrogen) atoms. The molecule has 3 aromatic rings. The van der Waals surface area contributed by atoms with E-state index in [4.69, 9.17) is 5.73 Å². The zero-order valence-electron chi connectivity index (χ0n) is 11.9. The fourth-order valence-electron chi connectivity index (χ4n) is 2.38. The average Bonchev–Trinajstić information content (AvgIpc) is 2.84. The van der Waals surface area contributed by atoms with Crippen molar-refractivity contribution in [3.8, 4) is 0 Å². The summed E-state index contributed by atoms with van der Waals surface area (Å²) in [6, 6.07) is 7.53. The van der Waals surface area contributed by atoms with E-state index in [9.17, 15) is 4.79 Å². The summed E-state index contributed by atoms with van der Waals surface area (Å²) in [6.07, 6.45) is 1.50. The number of benzene rings is 1. The molecule has 0 aliphatic heterocycles. The van der Waals surface area contributed by atoms with Crippen molar-refractivity contribution in [1.29, 1.82) is 0 Å². The lowest BCUT2D eigenvalue weighted by molar-refractivity contribution is 0.483. The van der Waals surface area contributed by atoms with Gasteiger partial charge in [0.15, 0.2) is 5.65 Å². The van der Waals surface area contributed by atoms with Gasteiger partial charge in [-0.1, -0.05) is 29.5 Å². The SMILES string of the molecule is Cc1ccccc1C(N)Cn1nnc2c(cnn2C)c1=O. The molecule has 0 fully saturated rings. The molecule has 0 aliphatic rings. The Kier molecular flexibility index (Phi) is 3.26. The molecule has 7 nitrogen and oxygen atoms in total. The number of nitrogens with zero attached hydrogens (tertiary/aromatic N) is 5. The fourth-order valence-corrected chi connectivity index (χ4v) is 2.38. The number of nitrogens with two attached hydrogens (primary N) is 1. The van der Waals surface area contributed by atoms with Gasteiger partial charge in [0.25, 0.3) is 5.56 Å². The van der Waals surface area contributed by atoms with Crippen molar-refractivity contribution in [2.45, 2.75) is 19.5 Å². The number of rotatable bonds is 3. The Morgan fingerprint density at radius 1 is 1.33 bits per heavy atom. The highest BCUT2D eigenvalue weighted by atomic mass is 16.1. The first-order valence-electron chi connectivity index (χ1n) is 6.64. The van der Waals surface area contributed by atoms with Gasteiger partial charge in [0.05, 0.1) is 12.7 Å². The lowest BCUT2D eigenvalue weighted by Crippen LogP contribution is -2.30. The summed E-state index contributed by atoms with van der Waals surface area (Å²) in [4.78, 5) is 12.3. The van der Waals surface area contributed by atoms with E-state index in [1.165, 1.54) is 15.6 Å². The molecule has 0 aliphatic carbocycles. The second-order valence-electron chi connectivity index (χ2n) is 5.05. The van der Waals surface area contributed by atoms with Crippen LogP contribution in [0.4, 0.5) is 0 Å². The quantitative estimate of drug-likeness (QED) is 0.757. The van der Waals surface area contributed by atoms with Crippen molar-refractivity contribution in [1.82, 2.24) is 24.8 Å². The molecule has 0 saturated heterocycles. The largest absolute Gasteiger partial charge is 0.322 e. The molecule has 3 rings (SSSR count). The molecule has 1 aromatic carbocycles. The third-order valence-electron chi connectivity index (χ3n) is 3.58. The van der Waals surface area contributed by atoms with Crippen LogP contribution in [0, 0.1) is 6.92 Å². The standard InChI is InChI=1S/C14H16N6O/c1-9-5-3-4-6-10(9)12(15)8-20-14(21)11-7-16-19(2)13(11)17-18-20/h3-7,12H,8,15H2,1-2H3. The van der Waals surface area contributed by atoms with Gasteiger partial charge in [0.2, 0.25) is 0 Å². The van der Waals surface area contributed by atoms with Crippen LogP contribution in [-0.2, 0) is 13.6 Å². The molecule has 7 heteroatoms. The summed E-state index contributed by atoms with van der Waals surface area (Å²) in [5.41, 5.74) is 8.53. The lowest BCUT2D eigenvalue weighted by atomic mass is 10.0. The Hall–Kier alpha value is -2.54. The van der Waals surface area contributed by atoms with E-state index >= 15 is 0 Å². The van der Waals surface area contributed by atoms with Gasteiger partial charge in [0, 0.05) is 13.1 Å². The number of hydrogen-bond donors (Lipinski definition) is 1. The molecule has 1 atom stereocenters. The third kappa shape index (κ3) is 2.31. The second kappa shape index (κ2) is 5.10. The van der Waals surface area contributed by atoms with Crippen LogP contribution < -0.4 is 11.3 Å². The predicted octanol–water partition coefficient (Wildman–Crippen LogP) is 0.533. The van der Waals surface area contributed by atoms with E-state index in [1.807, 2.05) is 31.2 Å². The number of aromatic nitrogens is 5. The van der Waals surface area contributed by atoms with Crippen LogP contribution in [0.5, 0.6) is 0 Å². The Labute approximate surface area is 121 Å². The lowest BCUT2D eigenvalue weighted by Gasteiger charge is -2.14. The highest BCUT2D eigenvalue weighted by Gasteiger charge is 2.14. The maximum Gasteiger partial charge on any atom is 0.280 e. The summed E-state index contributed by atoms with van der Waals surface area (Å²) < 4.78 is 2.82. The molecular weight excluding hydrogens is 268 g/mol. The summed E-state index contributed by atoms with van der Waals surface area (Å²) in [6.45, 7) is 2.27. The average molecular weight is 284 g/mol. The van der Waals surface area contributed by atoms with Gasteiger partial charge >= 0.3 is 0 Å². The molecule has 108 valence electrons. The van der Waals surface area contributed by atoms with E-state index < -0.39 is 0 Å². The smallest absolute Gasteiger partial charge is 0.280 e. The molecule has 0 radical (unpaired) electrons. The van der Waals surface area contributed by atoms with Gasteiger partial charge in [-0.3, -0.25) is 4.79 Å². The molecule has 1 unspecified atom stereocenters. The maximum atomic E-state index is 12.3. The van der Waals surface area contributed by atoms with Crippen molar-refractivity contribution in [2.75, 3.05) is 0 Å². The number of hydrogen-bond acceptors (Lipinski definition) is 5. The minimum Gasteiger partial charge on any atom is -0.322 e. The van der Waals surface area contributed by atoms with Gasteiger partial charge in [-0.15, -0.1) is 5.10 Å². The first kappa shape index (κ1) is 13.4. The van der Waals surface area contributed by atoms with Crippen molar-refractivity contribution in [2.24, 2.45) is 12.8 Å². The van der Waals surface area contributed by atoms with Gasteiger partial charge in [-0.05, 0) is 18.1 Å². The molecule has 0 bridgehead atoms. The summed E-state index contributed by atoms with van der Waals surface area (Å²) in [5, 5.41) is 12.4. The van der Waals surface area contributed by atoms with E-state index in [2.05, 4.69) is 15.4 Å². The van der Waals surface area contributed by atoms with E-state index in [1.54, 1.807) is 7.05 Å². The summed E-state index contributed by atoms with van der Waals surface area (Å²) in [7, 11) is 1.72. The van der Waals surface area contributed by atoms with Crippen LogP contribution in [-0.4, -0.2) is 24.8 Å². The van der Waals surface area contributed by atoms with Gasteiger partial charge in [-0.2, -0.15) is 5.10 Å². The first-order valence-corrected chi connectivity index (χ1v) is 6.64. The van der Waals surface area contributed by atoms with Crippen LogP contribution in [0.25, 0.3) is 11.0 Å². The first-order chi connectivity index (χ1) is 10.1. The minimum absolute atomic E-state index is 0.225. The molecule has 2 N–H and O–H groups in total. The Morgan fingerprint density at radius 3 is 2.86 bits per heavy atom. The van der Waals surface area contributed by atoms with Crippen molar-refractivity contribution in [3.63, 3.8) is 0 Å². The van der Waals surface area contributed by atoms with Gasteiger partial charge < -0.3 is 5.73 Å². The van der Waals surface area contributed by atoms with Crippen LogP contribution >= 0.6 is 0 Å². The Balaban J connectivity index is 1.97. The maximum absolute atomic E-state index is 12.3. The predicted molar refractivity (Wildman–Crippen MR) is 78.7 cm³/mol. The fraction of sp³-hybridized carbons (Fsp3) is 0.286. The van der Waals surface area contributed by atoms with Crippen molar-refractivity contribution < 1.29 is 0 Å². The normalized spacial score (nSPS) is 12.7. The van der Waals surface area contributed by atoms with Crippen LogP contribution in [0.3, 0.4) is 0 Å². The molecular formula is C14H16N6O. The van der Waals surface area contributed by atoms with Crippen molar-refractivity contribution in [3.05, 3.63) is 51.9 Å². The van der Waals surface area contributed by atoms with Crippen LogP contribution in [0.1, 0.15) is 17.2 Å². The van der Waals surface area contributed by atoms with Crippen molar-refractivity contribution >= 4 is 11.0 Å².